The molecule has 1 fully saturated rings. The Morgan fingerprint density at radius 3 is 2.27 bits per heavy atom. The van der Waals surface area contributed by atoms with E-state index in [4.69, 9.17) is 9.47 Å². The van der Waals surface area contributed by atoms with Crippen LogP contribution in [0.2, 0.25) is 0 Å². The molecular formula is C27H34O5S. The van der Waals surface area contributed by atoms with E-state index in [9.17, 15) is 13.2 Å². The number of ether oxygens (including phenoxy) is 2. The number of aryl methyl sites for hydroxylation is 2. The average Bonchev–Trinajstić information content (AvgIpc) is 2.81. The topological polar surface area (TPSA) is 69.7 Å². The molecule has 1 aliphatic carbocycles. The summed E-state index contributed by atoms with van der Waals surface area (Å²) in [6.07, 6.45) is 9.35. The third kappa shape index (κ3) is 6.70. The molecule has 2 aromatic carbocycles. The lowest BCUT2D eigenvalue weighted by Gasteiger charge is -2.29. The zero-order valence-corrected chi connectivity index (χ0v) is 20.6. The maximum absolute atomic E-state index is 13.0. The van der Waals surface area contributed by atoms with Gasteiger partial charge in [0.15, 0.2) is 9.84 Å². The maximum atomic E-state index is 13.0. The van der Waals surface area contributed by atoms with Crippen molar-refractivity contribution in [1.29, 1.82) is 0 Å². The molecule has 1 aliphatic rings. The van der Waals surface area contributed by atoms with Crippen molar-refractivity contribution in [3.05, 3.63) is 71.3 Å². The number of esters is 1. The van der Waals surface area contributed by atoms with Crippen LogP contribution in [-0.4, -0.2) is 33.4 Å². The molecule has 5 nitrogen and oxygen atoms in total. The summed E-state index contributed by atoms with van der Waals surface area (Å²) < 4.78 is 37.2. The Kier molecular flexibility index (Phi) is 8.73. The van der Waals surface area contributed by atoms with Crippen molar-refractivity contribution in [3.8, 4) is 5.75 Å². The van der Waals surface area contributed by atoms with Gasteiger partial charge in [-0.3, -0.25) is 0 Å². The Labute approximate surface area is 197 Å². The molecule has 0 N–H and O–H groups in total. The van der Waals surface area contributed by atoms with E-state index in [0.717, 1.165) is 25.7 Å². The van der Waals surface area contributed by atoms with E-state index in [1.54, 1.807) is 51.3 Å². The van der Waals surface area contributed by atoms with Gasteiger partial charge in [0.2, 0.25) is 0 Å². The molecule has 0 radical (unpaired) electrons. The van der Waals surface area contributed by atoms with E-state index in [0.29, 0.717) is 39.7 Å². The first kappa shape index (κ1) is 25.0. The number of carbonyl (C=O) groups is 1. The van der Waals surface area contributed by atoms with Crippen LogP contribution in [0.15, 0.2) is 59.5 Å². The fourth-order valence-corrected chi connectivity index (χ4v) is 6.30. The third-order valence-electron chi connectivity index (χ3n) is 6.27. The molecule has 33 heavy (non-hydrogen) atoms. The molecule has 0 spiro atoms. The second-order valence-corrected chi connectivity index (χ2v) is 10.8. The van der Waals surface area contributed by atoms with Gasteiger partial charge in [-0.1, -0.05) is 49.6 Å². The van der Waals surface area contributed by atoms with Gasteiger partial charge < -0.3 is 9.47 Å². The van der Waals surface area contributed by atoms with Crippen LogP contribution in [0.5, 0.6) is 5.75 Å². The number of hydrogen-bond donors (Lipinski definition) is 0. The molecule has 1 atom stereocenters. The van der Waals surface area contributed by atoms with E-state index >= 15 is 0 Å². The van der Waals surface area contributed by atoms with Crippen molar-refractivity contribution >= 4 is 15.8 Å². The first-order valence-electron chi connectivity index (χ1n) is 11.6. The van der Waals surface area contributed by atoms with Gasteiger partial charge in [-0.2, -0.15) is 0 Å². The second-order valence-electron chi connectivity index (χ2n) is 8.79. The molecule has 178 valence electrons. The van der Waals surface area contributed by atoms with Crippen molar-refractivity contribution in [2.45, 2.75) is 63.4 Å². The highest BCUT2D eigenvalue weighted by atomic mass is 32.2. The smallest absolute Gasteiger partial charge is 0.338 e. The molecular weight excluding hydrogens is 436 g/mol. The highest BCUT2D eigenvalue weighted by molar-refractivity contribution is 7.91. The summed E-state index contributed by atoms with van der Waals surface area (Å²) in [5, 5.41) is 0. The summed E-state index contributed by atoms with van der Waals surface area (Å²) in [6, 6.07) is 12.5. The van der Waals surface area contributed by atoms with Crippen LogP contribution in [0.3, 0.4) is 0 Å². The zero-order chi connectivity index (χ0) is 23.8. The van der Waals surface area contributed by atoms with Crippen LogP contribution in [0.1, 0.15) is 60.0 Å². The lowest BCUT2D eigenvalue weighted by molar-refractivity contribution is 0.00877. The van der Waals surface area contributed by atoms with E-state index in [1.165, 1.54) is 6.42 Å². The molecule has 1 unspecified atom stereocenters. The maximum Gasteiger partial charge on any atom is 0.338 e. The molecule has 0 bridgehead atoms. The first-order chi connectivity index (χ1) is 15.8. The van der Waals surface area contributed by atoms with Gasteiger partial charge in [-0.25, -0.2) is 13.2 Å². The van der Waals surface area contributed by atoms with E-state index in [-0.39, 0.29) is 17.8 Å². The molecule has 0 aromatic heterocycles. The molecule has 6 heteroatoms. The van der Waals surface area contributed by atoms with Gasteiger partial charge in [-0.05, 0) is 68.0 Å². The van der Waals surface area contributed by atoms with E-state index in [1.807, 2.05) is 24.3 Å². The van der Waals surface area contributed by atoms with Crippen LogP contribution < -0.4 is 4.74 Å². The van der Waals surface area contributed by atoms with Crippen molar-refractivity contribution in [1.82, 2.24) is 0 Å². The molecule has 0 amide bonds. The van der Waals surface area contributed by atoms with Crippen molar-refractivity contribution in [2.75, 3.05) is 12.9 Å². The molecule has 0 heterocycles. The minimum absolute atomic E-state index is 0.0922. The summed E-state index contributed by atoms with van der Waals surface area (Å²) >= 11 is 0. The molecule has 3 rings (SSSR count). The summed E-state index contributed by atoms with van der Waals surface area (Å²) in [4.78, 5) is 13.0. The largest absolute Gasteiger partial charge is 0.497 e. The lowest BCUT2D eigenvalue weighted by atomic mass is 9.84. The summed E-state index contributed by atoms with van der Waals surface area (Å²) in [7, 11) is -1.92. The van der Waals surface area contributed by atoms with Crippen LogP contribution in [0, 0.1) is 19.8 Å². The van der Waals surface area contributed by atoms with E-state index < -0.39 is 9.84 Å². The summed E-state index contributed by atoms with van der Waals surface area (Å²) in [5.74, 6) is 0.538. The van der Waals surface area contributed by atoms with Crippen LogP contribution >= 0.6 is 0 Å². The first-order valence-corrected chi connectivity index (χ1v) is 13.3. The van der Waals surface area contributed by atoms with Gasteiger partial charge in [-0.15, -0.1) is 0 Å². The van der Waals surface area contributed by atoms with Crippen LogP contribution in [0.4, 0.5) is 0 Å². The highest BCUT2D eigenvalue weighted by Crippen LogP contribution is 2.31. The number of benzene rings is 2. The lowest BCUT2D eigenvalue weighted by Crippen LogP contribution is -2.28. The Morgan fingerprint density at radius 2 is 1.67 bits per heavy atom. The number of sulfone groups is 1. The Bertz CT molecular complexity index is 1040. The molecule has 0 aliphatic heterocycles. The van der Waals surface area contributed by atoms with Crippen LogP contribution in [-0.2, 0) is 14.6 Å². The number of methoxy groups -OCH3 is 1. The minimum Gasteiger partial charge on any atom is -0.497 e. The quantitative estimate of drug-likeness (QED) is 0.340. The molecule has 0 saturated heterocycles. The fraction of sp³-hybridized carbons (Fsp3) is 0.444. The van der Waals surface area contributed by atoms with Gasteiger partial charge in [0.05, 0.1) is 23.3 Å². The van der Waals surface area contributed by atoms with Crippen molar-refractivity contribution < 1.29 is 22.7 Å². The Balaban J connectivity index is 1.69. The predicted octanol–water partition coefficient (Wildman–Crippen LogP) is 5.84. The van der Waals surface area contributed by atoms with Gasteiger partial charge >= 0.3 is 5.97 Å². The zero-order valence-electron chi connectivity index (χ0n) is 19.8. The fourth-order valence-electron chi connectivity index (χ4n) is 4.65. The predicted molar refractivity (Wildman–Crippen MR) is 130 cm³/mol. The second kappa shape index (κ2) is 11.5. The van der Waals surface area contributed by atoms with Crippen molar-refractivity contribution in [2.24, 2.45) is 5.92 Å². The Morgan fingerprint density at radius 1 is 1.03 bits per heavy atom. The van der Waals surface area contributed by atoms with Gasteiger partial charge in [0.25, 0.3) is 0 Å². The SMILES string of the molecule is COc1cc(C)c(S(=O)(=O)C/C=C/CC(OC(=O)c2ccccc2)C2CCCCC2)c(C)c1. The minimum atomic E-state index is -3.49. The average molecular weight is 471 g/mol. The standard InChI is InChI=1S/C27H34O5S/c1-20-18-24(31-3)19-21(2)26(20)33(29,30)17-11-10-16-25(22-12-6-4-7-13-22)32-27(28)23-14-8-5-9-15-23/h5,8-11,14-15,18-19,22,25H,4,6-7,12-13,16-17H2,1-3H3/b11-10+. The number of hydrogen-bond acceptors (Lipinski definition) is 5. The molecule has 1 saturated carbocycles. The van der Waals surface area contributed by atoms with Crippen molar-refractivity contribution in [3.63, 3.8) is 0 Å². The van der Waals surface area contributed by atoms with E-state index in [2.05, 4.69) is 0 Å². The highest BCUT2D eigenvalue weighted by Gasteiger charge is 2.27. The van der Waals surface area contributed by atoms with Crippen LogP contribution in [0.25, 0.3) is 0 Å². The molecule has 2 aromatic rings. The Hall–Kier alpha value is -2.60. The van der Waals surface area contributed by atoms with Gasteiger partial charge in [0.1, 0.15) is 11.9 Å². The normalized spacial score (nSPS) is 16.0. The number of rotatable bonds is 9. The van der Waals surface area contributed by atoms with Gasteiger partial charge in [0, 0.05) is 6.42 Å². The summed E-state index contributed by atoms with van der Waals surface area (Å²) in [6.45, 7) is 3.57. The third-order valence-corrected chi connectivity index (χ3v) is 8.17. The number of carbonyl (C=O) groups excluding carboxylic acids is 1. The monoisotopic (exact) mass is 470 g/mol. The summed E-state index contributed by atoms with van der Waals surface area (Å²) in [5.41, 5.74) is 1.89.